The normalized spacial score (nSPS) is 12.5. The number of nitrogens with zero attached hydrogens (tertiary/aromatic N) is 3. The molecular weight excluding hydrogens is 466 g/mol. The maximum Gasteiger partial charge on any atom is 0.222 e. The first-order valence-electron chi connectivity index (χ1n) is 11.9. The van der Waals surface area contributed by atoms with E-state index in [-0.39, 0.29) is 6.61 Å². The molecule has 0 saturated carbocycles. The summed E-state index contributed by atoms with van der Waals surface area (Å²) in [6.45, 7) is 7.16. The van der Waals surface area contributed by atoms with E-state index < -0.39 is 6.10 Å². The van der Waals surface area contributed by atoms with Gasteiger partial charge in [-0.15, -0.1) is 0 Å². The van der Waals surface area contributed by atoms with Crippen molar-refractivity contribution in [3.63, 3.8) is 0 Å². The molecule has 3 rings (SSSR count). The molecule has 0 bridgehead atoms. The molecule has 0 aliphatic rings. The maximum absolute atomic E-state index is 10.7. The predicted molar refractivity (Wildman–Crippen MR) is 139 cm³/mol. The Bertz CT molecular complexity index is 1040. The van der Waals surface area contributed by atoms with Crippen LogP contribution in [0.3, 0.4) is 0 Å². The topological polar surface area (TPSA) is 69.0 Å². The van der Waals surface area contributed by atoms with Crippen LogP contribution in [0.25, 0.3) is 11.3 Å². The standard InChI is InChI=1S/C27H36ClN3O4/c1-20(2)18-34-19-22(32)16-31(14-15-33-4)17-23-26(21-10-6-5-7-11-21)29-30(3)27(23)35-25-13-9-8-12-24(25)28/h5-13,20,22,32H,14-19H2,1-4H3/t22-/m1/s1. The molecule has 1 heterocycles. The van der Waals surface area contributed by atoms with Crippen molar-refractivity contribution < 1.29 is 19.3 Å². The van der Waals surface area contributed by atoms with Gasteiger partial charge in [-0.2, -0.15) is 5.10 Å². The summed E-state index contributed by atoms with van der Waals surface area (Å²) in [5, 5.41) is 16.0. The Morgan fingerprint density at radius 3 is 2.46 bits per heavy atom. The van der Waals surface area contributed by atoms with Crippen molar-refractivity contribution in [2.75, 3.05) is 40.0 Å². The van der Waals surface area contributed by atoms with Crippen LogP contribution in [0.15, 0.2) is 54.6 Å². The second kappa shape index (κ2) is 13.6. The van der Waals surface area contributed by atoms with Crippen molar-refractivity contribution in [2.45, 2.75) is 26.5 Å². The fourth-order valence-electron chi connectivity index (χ4n) is 3.75. The minimum Gasteiger partial charge on any atom is -0.437 e. The van der Waals surface area contributed by atoms with E-state index in [0.717, 1.165) is 16.8 Å². The van der Waals surface area contributed by atoms with Gasteiger partial charge in [-0.3, -0.25) is 4.90 Å². The minimum atomic E-state index is -0.629. The van der Waals surface area contributed by atoms with E-state index in [1.165, 1.54) is 0 Å². The molecule has 35 heavy (non-hydrogen) atoms. The van der Waals surface area contributed by atoms with Crippen LogP contribution in [-0.4, -0.2) is 65.9 Å². The molecule has 0 saturated heterocycles. The van der Waals surface area contributed by atoms with E-state index in [4.69, 9.17) is 30.9 Å². The molecule has 0 radical (unpaired) electrons. The Morgan fingerprint density at radius 2 is 1.77 bits per heavy atom. The van der Waals surface area contributed by atoms with E-state index in [1.54, 1.807) is 17.9 Å². The zero-order chi connectivity index (χ0) is 25.2. The van der Waals surface area contributed by atoms with Crippen molar-refractivity contribution in [1.82, 2.24) is 14.7 Å². The number of aromatic nitrogens is 2. The second-order valence-corrected chi connectivity index (χ2v) is 9.37. The van der Waals surface area contributed by atoms with Gasteiger partial charge in [-0.25, -0.2) is 4.68 Å². The number of aliphatic hydroxyl groups is 1. The quantitative estimate of drug-likeness (QED) is 0.334. The second-order valence-electron chi connectivity index (χ2n) is 8.97. The molecule has 0 aliphatic heterocycles. The third kappa shape index (κ3) is 8.05. The lowest BCUT2D eigenvalue weighted by atomic mass is 10.1. The van der Waals surface area contributed by atoms with Gasteiger partial charge >= 0.3 is 0 Å². The number of halogens is 1. The third-order valence-corrected chi connectivity index (χ3v) is 5.71. The Kier molecular flexibility index (Phi) is 10.6. The van der Waals surface area contributed by atoms with E-state index in [2.05, 4.69) is 18.7 Å². The van der Waals surface area contributed by atoms with Gasteiger partial charge in [0.25, 0.3) is 0 Å². The number of para-hydroxylation sites is 1. The van der Waals surface area contributed by atoms with Crippen LogP contribution in [-0.2, 0) is 23.1 Å². The molecule has 1 aromatic heterocycles. The minimum absolute atomic E-state index is 0.281. The summed E-state index contributed by atoms with van der Waals surface area (Å²) in [5.41, 5.74) is 2.72. The molecule has 0 fully saturated rings. The van der Waals surface area contributed by atoms with Crippen LogP contribution in [0, 0.1) is 5.92 Å². The summed E-state index contributed by atoms with van der Waals surface area (Å²) >= 11 is 6.39. The Labute approximate surface area is 213 Å². The zero-order valence-electron chi connectivity index (χ0n) is 21.0. The highest BCUT2D eigenvalue weighted by molar-refractivity contribution is 6.32. The number of aliphatic hydroxyl groups excluding tert-OH is 1. The molecule has 1 N–H and O–H groups in total. The molecule has 2 aromatic carbocycles. The third-order valence-electron chi connectivity index (χ3n) is 5.40. The lowest BCUT2D eigenvalue weighted by molar-refractivity contribution is 0.00329. The first-order valence-corrected chi connectivity index (χ1v) is 12.3. The van der Waals surface area contributed by atoms with Crippen LogP contribution < -0.4 is 4.74 Å². The molecule has 0 aliphatic carbocycles. The van der Waals surface area contributed by atoms with E-state index in [1.807, 2.05) is 55.6 Å². The number of hydrogen-bond donors (Lipinski definition) is 1. The summed E-state index contributed by atoms with van der Waals surface area (Å²) in [5.74, 6) is 1.58. The van der Waals surface area contributed by atoms with Crippen molar-refractivity contribution in [3.8, 4) is 22.9 Å². The molecule has 0 spiro atoms. The van der Waals surface area contributed by atoms with E-state index >= 15 is 0 Å². The van der Waals surface area contributed by atoms with Gasteiger partial charge in [0, 0.05) is 46.0 Å². The Hall–Kier alpha value is -2.42. The van der Waals surface area contributed by atoms with Crippen molar-refractivity contribution in [2.24, 2.45) is 13.0 Å². The van der Waals surface area contributed by atoms with Gasteiger partial charge in [0.05, 0.1) is 29.9 Å². The number of benzene rings is 2. The molecular formula is C27H36ClN3O4. The molecule has 7 nitrogen and oxygen atoms in total. The van der Waals surface area contributed by atoms with Crippen molar-refractivity contribution >= 4 is 11.6 Å². The van der Waals surface area contributed by atoms with Gasteiger partial charge in [0.2, 0.25) is 5.88 Å². The van der Waals surface area contributed by atoms with Gasteiger partial charge in [0.15, 0.2) is 0 Å². The summed E-state index contributed by atoms with van der Waals surface area (Å²) < 4.78 is 19.0. The Morgan fingerprint density at radius 1 is 1.06 bits per heavy atom. The summed E-state index contributed by atoms with van der Waals surface area (Å²) in [6.07, 6.45) is -0.629. The van der Waals surface area contributed by atoms with Crippen molar-refractivity contribution in [3.05, 3.63) is 65.2 Å². The average Bonchev–Trinajstić information content (AvgIpc) is 3.14. The molecule has 0 unspecified atom stereocenters. The zero-order valence-corrected chi connectivity index (χ0v) is 21.7. The van der Waals surface area contributed by atoms with Crippen LogP contribution in [0.5, 0.6) is 11.6 Å². The van der Waals surface area contributed by atoms with Gasteiger partial charge in [0.1, 0.15) is 11.4 Å². The smallest absolute Gasteiger partial charge is 0.222 e. The number of aryl methyl sites for hydroxylation is 1. The maximum atomic E-state index is 10.7. The summed E-state index contributed by atoms with van der Waals surface area (Å²) in [4.78, 5) is 2.13. The monoisotopic (exact) mass is 501 g/mol. The van der Waals surface area contributed by atoms with E-state index in [9.17, 15) is 5.11 Å². The van der Waals surface area contributed by atoms with Crippen LogP contribution in [0.1, 0.15) is 19.4 Å². The highest BCUT2D eigenvalue weighted by Crippen LogP contribution is 2.36. The first-order chi connectivity index (χ1) is 16.9. The summed E-state index contributed by atoms with van der Waals surface area (Å²) in [6, 6.07) is 17.4. The number of rotatable bonds is 14. The number of ether oxygens (including phenoxy) is 3. The molecule has 8 heteroatoms. The van der Waals surface area contributed by atoms with E-state index in [0.29, 0.717) is 55.4 Å². The Balaban J connectivity index is 1.91. The van der Waals surface area contributed by atoms with Gasteiger partial charge in [-0.05, 0) is 18.1 Å². The lowest BCUT2D eigenvalue weighted by Crippen LogP contribution is -2.37. The molecule has 0 amide bonds. The fourth-order valence-corrected chi connectivity index (χ4v) is 3.93. The van der Waals surface area contributed by atoms with Gasteiger partial charge in [-0.1, -0.05) is 67.9 Å². The number of hydrogen-bond acceptors (Lipinski definition) is 6. The van der Waals surface area contributed by atoms with Gasteiger partial charge < -0.3 is 19.3 Å². The molecule has 3 aromatic rings. The van der Waals surface area contributed by atoms with Crippen LogP contribution >= 0.6 is 11.6 Å². The number of methoxy groups -OCH3 is 1. The summed E-state index contributed by atoms with van der Waals surface area (Å²) in [7, 11) is 3.53. The van der Waals surface area contributed by atoms with Crippen molar-refractivity contribution in [1.29, 1.82) is 0 Å². The molecule has 190 valence electrons. The predicted octanol–water partition coefficient (Wildman–Crippen LogP) is 5.01. The highest BCUT2D eigenvalue weighted by atomic mass is 35.5. The largest absolute Gasteiger partial charge is 0.437 e. The first kappa shape index (κ1) is 27.2. The average molecular weight is 502 g/mol. The van der Waals surface area contributed by atoms with Crippen LogP contribution in [0.4, 0.5) is 0 Å². The lowest BCUT2D eigenvalue weighted by Gasteiger charge is -2.25. The SMILES string of the molecule is COCCN(Cc1c(-c2ccccc2)nn(C)c1Oc1ccccc1Cl)C[C@@H](O)COCC(C)C. The highest BCUT2D eigenvalue weighted by Gasteiger charge is 2.24. The van der Waals surface area contributed by atoms with Crippen LogP contribution in [0.2, 0.25) is 5.02 Å². The molecule has 1 atom stereocenters. The fraction of sp³-hybridized carbons (Fsp3) is 0.444.